The highest BCUT2D eigenvalue weighted by atomic mass is 79.9. The van der Waals surface area contributed by atoms with Crippen LogP contribution in [0.3, 0.4) is 0 Å². The van der Waals surface area contributed by atoms with Gasteiger partial charge in [0.15, 0.2) is 0 Å². The van der Waals surface area contributed by atoms with E-state index in [9.17, 15) is 5.11 Å². The van der Waals surface area contributed by atoms with Crippen molar-refractivity contribution in [3.05, 3.63) is 34.3 Å². The lowest BCUT2D eigenvalue weighted by atomic mass is 10.0. The molecule has 3 heteroatoms. The zero-order valence-corrected chi connectivity index (χ0v) is 8.45. The van der Waals surface area contributed by atoms with Gasteiger partial charge < -0.3 is 10.8 Å². The third-order valence-corrected chi connectivity index (χ3v) is 2.30. The number of halogens is 1. The first-order valence-electron chi connectivity index (χ1n) is 3.80. The van der Waals surface area contributed by atoms with Crippen LogP contribution in [0.5, 0.6) is 0 Å². The molecule has 2 unspecified atom stereocenters. The van der Waals surface area contributed by atoms with Gasteiger partial charge in [-0.2, -0.15) is 0 Å². The van der Waals surface area contributed by atoms with Gasteiger partial charge in [-0.1, -0.05) is 28.1 Å². The van der Waals surface area contributed by atoms with Crippen LogP contribution in [0.2, 0.25) is 0 Å². The highest BCUT2D eigenvalue weighted by Crippen LogP contribution is 2.17. The molecule has 0 spiro atoms. The fourth-order valence-corrected chi connectivity index (χ4v) is 1.23. The molecule has 12 heavy (non-hydrogen) atoms. The Kier molecular flexibility index (Phi) is 3.26. The fourth-order valence-electron chi connectivity index (χ4n) is 0.964. The number of aliphatic hydroxyl groups excluding tert-OH is 1. The van der Waals surface area contributed by atoms with E-state index in [4.69, 9.17) is 5.73 Å². The van der Waals surface area contributed by atoms with Crippen LogP contribution in [0.4, 0.5) is 0 Å². The van der Waals surface area contributed by atoms with Gasteiger partial charge in [0, 0.05) is 4.47 Å². The van der Waals surface area contributed by atoms with Gasteiger partial charge in [0.2, 0.25) is 0 Å². The quantitative estimate of drug-likeness (QED) is 0.814. The molecule has 3 N–H and O–H groups in total. The monoisotopic (exact) mass is 229 g/mol. The SMILES string of the molecule is CC(O)C(N)c1ccc(Br)cc1. The van der Waals surface area contributed by atoms with Crippen LogP contribution in [0.15, 0.2) is 28.7 Å². The molecule has 0 amide bonds. The maximum absolute atomic E-state index is 9.21. The van der Waals surface area contributed by atoms with E-state index in [1.807, 2.05) is 24.3 Å². The van der Waals surface area contributed by atoms with E-state index >= 15 is 0 Å². The van der Waals surface area contributed by atoms with Gasteiger partial charge in [-0.15, -0.1) is 0 Å². The molecule has 0 aromatic heterocycles. The molecule has 0 aliphatic carbocycles. The molecule has 1 aromatic carbocycles. The van der Waals surface area contributed by atoms with E-state index in [0.29, 0.717) is 0 Å². The van der Waals surface area contributed by atoms with Gasteiger partial charge in [0.25, 0.3) is 0 Å². The number of aliphatic hydroxyl groups is 1. The Labute approximate surface area is 80.5 Å². The van der Waals surface area contributed by atoms with Crippen LogP contribution in [0.1, 0.15) is 18.5 Å². The van der Waals surface area contributed by atoms with E-state index in [1.165, 1.54) is 0 Å². The summed E-state index contributed by atoms with van der Waals surface area (Å²) in [6.45, 7) is 1.69. The van der Waals surface area contributed by atoms with E-state index in [1.54, 1.807) is 6.92 Å². The van der Waals surface area contributed by atoms with Gasteiger partial charge in [0.1, 0.15) is 0 Å². The molecule has 2 atom stereocenters. The summed E-state index contributed by atoms with van der Waals surface area (Å²) in [5.74, 6) is 0. The molecule has 0 aliphatic heterocycles. The summed E-state index contributed by atoms with van der Waals surface area (Å²) in [5.41, 5.74) is 6.67. The predicted octanol–water partition coefficient (Wildman–Crippen LogP) is 1.83. The highest BCUT2D eigenvalue weighted by molar-refractivity contribution is 9.10. The average Bonchev–Trinajstić information content (AvgIpc) is 2.04. The summed E-state index contributed by atoms with van der Waals surface area (Å²) in [5, 5.41) is 9.21. The Balaban J connectivity index is 2.82. The van der Waals surface area contributed by atoms with Crippen molar-refractivity contribution >= 4 is 15.9 Å². The lowest BCUT2D eigenvalue weighted by Gasteiger charge is -2.14. The molecular weight excluding hydrogens is 218 g/mol. The molecule has 0 fully saturated rings. The van der Waals surface area contributed by atoms with Crippen LogP contribution in [-0.4, -0.2) is 11.2 Å². The predicted molar refractivity (Wildman–Crippen MR) is 52.8 cm³/mol. The number of rotatable bonds is 2. The third kappa shape index (κ3) is 2.30. The molecule has 0 aliphatic rings. The topological polar surface area (TPSA) is 46.2 Å². The molecule has 0 bridgehead atoms. The van der Waals surface area contributed by atoms with Crippen LogP contribution < -0.4 is 5.73 Å². The molecule has 1 aromatic rings. The van der Waals surface area contributed by atoms with Gasteiger partial charge in [-0.05, 0) is 24.6 Å². The summed E-state index contributed by atoms with van der Waals surface area (Å²) in [6, 6.07) is 7.34. The standard InChI is InChI=1S/C9H12BrNO/c1-6(12)9(11)7-2-4-8(10)5-3-7/h2-6,9,12H,11H2,1H3. The van der Waals surface area contributed by atoms with Crippen LogP contribution >= 0.6 is 15.9 Å². The van der Waals surface area contributed by atoms with Crippen molar-refractivity contribution in [1.82, 2.24) is 0 Å². The second-order valence-corrected chi connectivity index (χ2v) is 3.73. The number of benzene rings is 1. The Morgan fingerprint density at radius 2 is 1.83 bits per heavy atom. The first kappa shape index (κ1) is 9.71. The smallest absolute Gasteiger partial charge is 0.0704 e. The van der Waals surface area contributed by atoms with E-state index < -0.39 is 6.10 Å². The largest absolute Gasteiger partial charge is 0.391 e. The molecule has 2 nitrogen and oxygen atoms in total. The molecule has 0 saturated heterocycles. The van der Waals surface area contributed by atoms with E-state index in [-0.39, 0.29) is 6.04 Å². The molecule has 1 rings (SSSR count). The molecular formula is C9H12BrNO. The van der Waals surface area contributed by atoms with Crippen molar-refractivity contribution < 1.29 is 5.11 Å². The molecule has 0 saturated carbocycles. The van der Waals surface area contributed by atoms with Crippen LogP contribution in [0, 0.1) is 0 Å². The van der Waals surface area contributed by atoms with E-state index in [2.05, 4.69) is 15.9 Å². The van der Waals surface area contributed by atoms with Gasteiger partial charge in [-0.25, -0.2) is 0 Å². The molecule has 0 heterocycles. The number of nitrogens with two attached hydrogens (primary N) is 1. The summed E-state index contributed by atoms with van der Waals surface area (Å²) < 4.78 is 1.02. The summed E-state index contributed by atoms with van der Waals surface area (Å²) in [6.07, 6.45) is -0.508. The zero-order chi connectivity index (χ0) is 9.14. The summed E-state index contributed by atoms with van der Waals surface area (Å²) in [4.78, 5) is 0. The van der Waals surface area contributed by atoms with Gasteiger partial charge >= 0.3 is 0 Å². The van der Waals surface area contributed by atoms with Crippen LogP contribution in [-0.2, 0) is 0 Å². The first-order chi connectivity index (χ1) is 5.61. The Hall–Kier alpha value is -0.380. The van der Waals surface area contributed by atoms with Crippen molar-refractivity contribution in [2.24, 2.45) is 5.73 Å². The number of hydrogen-bond donors (Lipinski definition) is 2. The second-order valence-electron chi connectivity index (χ2n) is 2.82. The average molecular weight is 230 g/mol. The minimum atomic E-state index is -0.508. The normalized spacial score (nSPS) is 15.7. The molecule has 0 radical (unpaired) electrons. The highest BCUT2D eigenvalue weighted by Gasteiger charge is 2.10. The van der Waals surface area contributed by atoms with Crippen molar-refractivity contribution in [1.29, 1.82) is 0 Å². The lowest BCUT2D eigenvalue weighted by Crippen LogP contribution is -2.22. The Morgan fingerprint density at radius 3 is 2.25 bits per heavy atom. The second kappa shape index (κ2) is 4.03. The van der Waals surface area contributed by atoms with Gasteiger partial charge in [0.05, 0.1) is 12.1 Å². The zero-order valence-electron chi connectivity index (χ0n) is 6.87. The van der Waals surface area contributed by atoms with Gasteiger partial charge in [-0.3, -0.25) is 0 Å². The maximum Gasteiger partial charge on any atom is 0.0704 e. The first-order valence-corrected chi connectivity index (χ1v) is 4.59. The minimum absolute atomic E-state index is 0.293. The molecule has 66 valence electrons. The Morgan fingerprint density at radius 1 is 1.33 bits per heavy atom. The Bertz CT molecular complexity index is 245. The van der Waals surface area contributed by atoms with Crippen molar-refractivity contribution in [2.75, 3.05) is 0 Å². The van der Waals surface area contributed by atoms with Crippen molar-refractivity contribution in [3.8, 4) is 0 Å². The third-order valence-electron chi connectivity index (χ3n) is 1.77. The lowest BCUT2D eigenvalue weighted by molar-refractivity contribution is 0.164. The number of hydrogen-bond acceptors (Lipinski definition) is 2. The maximum atomic E-state index is 9.21. The minimum Gasteiger partial charge on any atom is -0.391 e. The van der Waals surface area contributed by atoms with E-state index in [0.717, 1.165) is 10.0 Å². The summed E-state index contributed by atoms with van der Waals surface area (Å²) in [7, 11) is 0. The fraction of sp³-hybridized carbons (Fsp3) is 0.333. The van der Waals surface area contributed by atoms with Crippen LogP contribution in [0.25, 0.3) is 0 Å². The summed E-state index contributed by atoms with van der Waals surface area (Å²) >= 11 is 3.33. The van der Waals surface area contributed by atoms with Crippen molar-refractivity contribution in [3.63, 3.8) is 0 Å². The van der Waals surface area contributed by atoms with Crippen molar-refractivity contribution in [2.45, 2.75) is 19.1 Å².